The van der Waals surface area contributed by atoms with Gasteiger partial charge in [0.1, 0.15) is 11.6 Å². The Kier molecular flexibility index (Phi) is 6.07. The number of aromatic nitrogens is 1. The first-order valence-corrected chi connectivity index (χ1v) is 10.7. The Labute approximate surface area is 169 Å². The van der Waals surface area contributed by atoms with Crippen LogP contribution >= 0.6 is 11.3 Å². The summed E-state index contributed by atoms with van der Waals surface area (Å²) in [6.07, 6.45) is 3.33. The molecule has 3 aromatic rings. The van der Waals surface area contributed by atoms with Gasteiger partial charge >= 0.3 is 0 Å². The summed E-state index contributed by atoms with van der Waals surface area (Å²) >= 11 is 1.77. The molecule has 0 N–H and O–H groups in total. The van der Waals surface area contributed by atoms with Crippen molar-refractivity contribution in [1.82, 2.24) is 9.88 Å². The van der Waals surface area contributed by atoms with E-state index in [-0.39, 0.29) is 5.82 Å². The minimum atomic E-state index is -0.255. The minimum absolute atomic E-state index is 0.255. The number of fused-ring (bicyclic) bond motifs is 1. The molecule has 1 saturated heterocycles. The predicted molar refractivity (Wildman–Crippen MR) is 114 cm³/mol. The molecule has 1 aliphatic heterocycles. The summed E-state index contributed by atoms with van der Waals surface area (Å²) in [6.45, 7) is 3.79. The number of para-hydroxylation sites is 1. The number of piperidine rings is 1. The van der Waals surface area contributed by atoms with E-state index in [9.17, 15) is 4.39 Å². The monoisotopic (exact) mass is 399 g/mol. The Balaban J connectivity index is 1.27. The molecule has 2 heterocycles. The molecule has 0 spiro atoms. The van der Waals surface area contributed by atoms with E-state index in [1.54, 1.807) is 23.5 Å². The molecule has 1 fully saturated rings. The number of anilines is 1. The molecular weight excluding hydrogens is 373 g/mol. The van der Waals surface area contributed by atoms with Gasteiger partial charge in [0, 0.05) is 32.2 Å². The molecule has 6 heteroatoms. The second-order valence-corrected chi connectivity index (χ2v) is 8.34. The van der Waals surface area contributed by atoms with E-state index in [1.165, 1.54) is 29.7 Å². The molecule has 1 atom stereocenters. The second-order valence-electron chi connectivity index (χ2n) is 7.33. The maximum atomic E-state index is 13.2. The van der Waals surface area contributed by atoms with E-state index in [4.69, 9.17) is 9.72 Å². The number of thiazole rings is 1. The number of benzene rings is 2. The van der Waals surface area contributed by atoms with Crippen molar-refractivity contribution in [3.05, 3.63) is 54.3 Å². The zero-order valence-corrected chi connectivity index (χ0v) is 17.0. The summed E-state index contributed by atoms with van der Waals surface area (Å²) in [5.74, 6) is 0.348. The molecule has 1 aliphatic rings. The molecule has 0 radical (unpaired) electrons. The number of ether oxygens (including phenoxy) is 1. The third kappa shape index (κ3) is 4.62. The van der Waals surface area contributed by atoms with Crippen LogP contribution in [0.15, 0.2) is 48.5 Å². The van der Waals surface area contributed by atoms with Gasteiger partial charge in [-0.05, 0) is 50.1 Å². The average molecular weight is 400 g/mol. The number of halogens is 1. The van der Waals surface area contributed by atoms with Crippen LogP contribution in [0.25, 0.3) is 10.2 Å². The first-order valence-electron chi connectivity index (χ1n) is 9.88. The molecule has 0 amide bonds. The normalized spacial score (nSPS) is 17.7. The second kappa shape index (κ2) is 8.88. The van der Waals surface area contributed by atoms with Crippen LogP contribution < -0.4 is 9.64 Å². The maximum Gasteiger partial charge on any atom is 0.186 e. The third-order valence-corrected chi connectivity index (χ3v) is 6.42. The van der Waals surface area contributed by atoms with Gasteiger partial charge in [-0.2, -0.15) is 0 Å². The van der Waals surface area contributed by atoms with E-state index in [1.807, 2.05) is 6.07 Å². The third-order valence-electron chi connectivity index (χ3n) is 5.30. The number of likely N-dealkylation sites (tertiary alicyclic amines) is 1. The molecule has 148 valence electrons. The molecule has 4 rings (SSSR count). The van der Waals surface area contributed by atoms with Crippen LogP contribution in [0.3, 0.4) is 0 Å². The van der Waals surface area contributed by atoms with Gasteiger partial charge in [0.05, 0.1) is 16.8 Å². The van der Waals surface area contributed by atoms with Crippen molar-refractivity contribution >= 4 is 26.7 Å². The molecular formula is C22H26FN3OS. The van der Waals surface area contributed by atoms with Crippen LogP contribution in [0, 0.1) is 5.82 Å². The lowest BCUT2D eigenvalue weighted by Crippen LogP contribution is -2.47. The molecule has 1 aromatic heterocycles. The lowest BCUT2D eigenvalue weighted by Gasteiger charge is -2.37. The summed E-state index contributed by atoms with van der Waals surface area (Å²) in [4.78, 5) is 9.66. The van der Waals surface area contributed by atoms with Crippen molar-refractivity contribution in [2.45, 2.75) is 25.3 Å². The zero-order valence-electron chi connectivity index (χ0n) is 16.2. The van der Waals surface area contributed by atoms with Crippen LogP contribution in [0.1, 0.15) is 19.3 Å². The standard InChI is InChI=1S/C22H26FN3OS/c1-25(22-24-20-10-2-3-11-21(20)28-22)18-8-5-12-26(16-18)13-6-14-27-19-9-4-7-17(23)15-19/h2-4,7,9-11,15,18H,5-6,8,12-14,16H2,1H3. The zero-order chi connectivity index (χ0) is 19.3. The lowest BCUT2D eigenvalue weighted by molar-refractivity contribution is 0.188. The Morgan fingerprint density at radius 2 is 2.14 bits per heavy atom. The molecule has 2 aromatic carbocycles. The maximum absolute atomic E-state index is 13.2. The number of hydrogen-bond donors (Lipinski definition) is 0. The number of hydrogen-bond acceptors (Lipinski definition) is 5. The summed E-state index contributed by atoms with van der Waals surface area (Å²) in [5.41, 5.74) is 1.08. The van der Waals surface area contributed by atoms with Gasteiger partial charge in [0.2, 0.25) is 0 Å². The van der Waals surface area contributed by atoms with Crippen molar-refractivity contribution in [2.75, 3.05) is 38.2 Å². The van der Waals surface area contributed by atoms with Gasteiger partial charge in [-0.1, -0.05) is 29.5 Å². The van der Waals surface area contributed by atoms with E-state index in [2.05, 4.69) is 35.0 Å². The topological polar surface area (TPSA) is 28.6 Å². The highest BCUT2D eigenvalue weighted by Crippen LogP contribution is 2.30. The fourth-order valence-electron chi connectivity index (χ4n) is 3.75. The van der Waals surface area contributed by atoms with E-state index in [0.717, 1.165) is 36.7 Å². The summed E-state index contributed by atoms with van der Waals surface area (Å²) in [5, 5.41) is 1.10. The van der Waals surface area contributed by atoms with E-state index in [0.29, 0.717) is 18.4 Å². The highest BCUT2D eigenvalue weighted by atomic mass is 32.1. The Morgan fingerprint density at radius 1 is 1.25 bits per heavy atom. The van der Waals surface area contributed by atoms with Gasteiger partial charge in [0.15, 0.2) is 5.13 Å². The fraction of sp³-hybridized carbons (Fsp3) is 0.409. The smallest absolute Gasteiger partial charge is 0.186 e. The summed E-state index contributed by atoms with van der Waals surface area (Å²) < 4.78 is 20.1. The highest BCUT2D eigenvalue weighted by molar-refractivity contribution is 7.22. The van der Waals surface area contributed by atoms with Crippen LogP contribution in [0.4, 0.5) is 9.52 Å². The first-order chi connectivity index (χ1) is 13.7. The minimum Gasteiger partial charge on any atom is -0.493 e. The Bertz CT molecular complexity index is 882. The summed E-state index contributed by atoms with van der Waals surface area (Å²) in [6, 6.07) is 15.2. The van der Waals surface area contributed by atoms with Gasteiger partial charge in [-0.3, -0.25) is 0 Å². The number of rotatable bonds is 7. The quantitative estimate of drug-likeness (QED) is 0.533. The fourth-order valence-corrected chi connectivity index (χ4v) is 4.75. The molecule has 1 unspecified atom stereocenters. The van der Waals surface area contributed by atoms with Crippen LogP contribution in [0.5, 0.6) is 5.75 Å². The molecule has 0 aliphatic carbocycles. The van der Waals surface area contributed by atoms with Crippen molar-refractivity contribution in [3.63, 3.8) is 0 Å². The Morgan fingerprint density at radius 3 is 3.00 bits per heavy atom. The molecule has 0 bridgehead atoms. The molecule has 4 nitrogen and oxygen atoms in total. The lowest BCUT2D eigenvalue weighted by atomic mass is 10.0. The van der Waals surface area contributed by atoms with Crippen molar-refractivity contribution in [3.8, 4) is 5.75 Å². The van der Waals surface area contributed by atoms with Gasteiger partial charge in [0.25, 0.3) is 0 Å². The van der Waals surface area contributed by atoms with Gasteiger partial charge in [-0.25, -0.2) is 9.37 Å². The van der Waals surface area contributed by atoms with Gasteiger partial charge < -0.3 is 14.5 Å². The van der Waals surface area contributed by atoms with Crippen LogP contribution in [-0.4, -0.2) is 49.2 Å². The SMILES string of the molecule is CN(c1nc2ccccc2s1)C1CCCN(CCCOc2cccc(F)c2)C1. The number of nitrogens with zero attached hydrogens (tertiary/aromatic N) is 3. The predicted octanol–water partition coefficient (Wildman–Crippen LogP) is 4.81. The van der Waals surface area contributed by atoms with Crippen LogP contribution in [-0.2, 0) is 0 Å². The average Bonchev–Trinajstić information content (AvgIpc) is 3.15. The van der Waals surface area contributed by atoms with Crippen molar-refractivity contribution in [1.29, 1.82) is 0 Å². The number of likely N-dealkylation sites (N-methyl/N-ethyl adjacent to an activating group) is 1. The first kappa shape index (κ1) is 19.2. The van der Waals surface area contributed by atoms with Gasteiger partial charge in [-0.15, -0.1) is 0 Å². The van der Waals surface area contributed by atoms with Crippen LogP contribution in [0.2, 0.25) is 0 Å². The molecule has 28 heavy (non-hydrogen) atoms. The Hall–Kier alpha value is -2.18. The van der Waals surface area contributed by atoms with E-state index < -0.39 is 0 Å². The highest BCUT2D eigenvalue weighted by Gasteiger charge is 2.24. The largest absolute Gasteiger partial charge is 0.493 e. The van der Waals surface area contributed by atoms with Crippen molar-refractivity contribution < 1.29 is 9.13 Å². The summed E-state index contributed by atoms with van der Waals surface area (Å²) in [7, 11) is 2.17. The molecule has 0 saturated carbocycles. The van der Waals surface area contributed by atoms with Crippen molar-refractivity contribution in [2.24, 2.45) is 0 Å². The van der Waals surface area contributed by atoms with E-state index >= 15 is 0 Å².